The number of ether oxygens (including phenoxy) is 1. The van der Waals surface area contributed by atoms with Crippen LogP contribution < -0.4 is 10.1 Å². The lowest BCUT2D eigenvalue weighted by atomic mass is 10.1. The molecule has 1 amide bonds. The molecule has 3 aromatic rings. The van der Waals surface area contributed by atoms with Gasteiger partial charge < -0.3 is 10.1 Å². The van der Waals surface area contributed by atoms with Crippen molar-refractivity contribution in [1.82, 2.24) is 4.31 Å². The van der Waals surface area contributed by atoms with Gasteiger partial charge in [0.2, 0.25) is 10.0 Å². The molecule has 3 aromatic carbocycles. The topological polar surface area (TPSA) is 75.7 Å². The predicted octanol–water partition coefficient (Wildman–Crippen LogP) is 5.20. The van der Waals surface area contributed by atoms with E-state index in [0.29, 0.717) is 30.9 Å². The molecule has 7 heteroatoms. The summed E-state index contributed by atoms with van der Waals surface area (Å²) in [5, 5.41) is 4.86. The van der Waals surface area contributed by atoms with E-state index < -0.39 is 16.1 Å². The second-order valence-corrected chi connectivity index (χ2v) is 10.3. The number of fused-ring (bicyclic) bond motifs is 1. The maximum absolute atomic E-state index is 13.0. The van der Waals surface area contributed by atoms with E-state index >= 15 is 0 Å². The second-order valence-electron chi connectivity index (χ2n) is 8.32. The molecule has 4 rings (SSSR count). The van der Waals surface area contributed by atoms with Crippen molar-refractivity contribution >= 4 is 32.4 Å². The normalized spacial score (nSPS) is 16.2. The van der Waals surface area contributed by atoms with Crippen molar-refractivity contribution in [3.05, 3.63) is 66.7 Å². The van der Waals surface area contributed by atoms with E-state index in [0.717, 1.165) is 36.5 Å². The van der Waals surface area contributed by atoms with Gasteiger partial charge in [-0.05, 0) is 55.0 Å². The second kappa shape index (κ2) is 10.4. The highest BCUT2D eigenvalue weighted by atomic mass is 32.2. The minimum atomic E-state index is -3.52. The molecule has 6 nitrogen and oxygen atoms in total. The molecule has 174 valence electrons. The van der Waals surface area contributed by atoms with Gasteiger partial charge in [0.05, 0.1) is 4.90 Å². The number of hydrogen-bond donors (Lipinski definition) is 1. The van der Waals surface area contributed by atoms with E-state index in [4.69, 9.17) is 4.74 Å². The molecule has 0 unspecified atom stereocenters. The lowest BCUT2D eigenvalue weighted by molar-refractivity contribution is -0.122. The SMILES string of the molecule is CC[C@@H](Oc1cccc2ccccc12)C(=O)Nc1ccc(S(=O)(=O)N2CCCCCC2)cc1. The highest BCUT2D eigenvalue weighted by Gasteiger charge is 2.25. The molecule has 1 N–H and O–H groups in total. The summed E-state index contributed by atoms with van der Waals surface area (Å²) in [6.45, 7) is 3.02. The van der Waals surface area contributed by atoms with Gasteiger partial charge in [0.1, 0.15) is 5.75 Å². The fraction of sp³-hybridized carbons (Fsp3) is 0.346. The van der Waals surface area contributed by atoms with Crippen LogP contribution in [0.15, 0.2) is 71.6 Å². The molecular formula is C26H30N2O4S. The average Bonchev–Trinajstić information content (AvgIpc) is 3.13. The van der Waals surface area contributed by atoms with Crippen molar-refractivity contribution in [1.29, 1.82) is 0 Å². The van der Waals surface area contributed by atoms with E-state index in [1.807, 2.05) is 49.4 Å². The van der Waals surface area contributed by atoms with Crippen LogP contribution in [0.25, 0.3) is 10.8 Å². The van der Waals surface area contributed by atoms with Gasteiger partial charge in [0.25, 0.3) is 5.91 Å². The summed E-state index contributed by atoms with van der Waals surface area (Å²) in [5.74, 6) is 0.391. The Kier molecular flexibility index (Phi) is 7.30. The van der Waals surface area contributed by atoms with Crippen molar-refractivity contribution in [3.8, 4) is 5.75 Å². The fourth-order valence-electron chi connectivity index (χ4n) is 4.14. The van der Waals surface area contributed by atoms with E-state index in [-0.39, 0.29) is 10.8 Å². The van der Waals surface area contributed by atoms with E-state index in [2.05, 4.69) is 5.32 Å². The van der Waals surface area contributed by atoms with Crippen molar-refractivity contribution < 1.29 is 17.9 Å². The maximum Gasteiger partial charge on any atom is 0.265 e. The summed E-state index contributed by atoms with van der Waals surface area (Å²) in [6.07, 6.45) is 3.74. The maximum atomic E-state index is 13.0. The van der Waals surface area contributed by atoms with Gasteiger partial charge in [-0.25, -0.2) is 8.42 Å². The average molecular weight is 467 g/mol. The first-order chi connectivity index (χ1) is 16.0. The zero-order chi connectivity index (χ0) is 23.3. The summed E-state index contributed by atoms with van der Waals surface area (Å²) >= 11 is 0. The molecular weight excluding hydrogens is 436 g/mol. The van der Waals surface area contributed by atoms with E-state index in [1.165, 1.54) is 0 Å². The number of rotatable bonds is 7. The van der Waals surface area contributed by atoms with Crippen LogP contribution in [0.4, 0.5) is 5.69 Å². The Morgan fingerprint density at radius 2 is 1.61 bits per heavy atom. The fourth-order valence-corrected chi connectivity index (χ4v) is 5.66. The number of benzene rings is 3. The first-order valence-corrected chi connectivity index (χ1v) is 13.0. The third-order valence-corrected chi connectivity index (χ3v) is 7.92. The van der Waals surface area contributed by atoms with Gasteiger partial charge in [0, 0.05) is 24.2 Å². The largest absolute Gasteiger partial charge is 0.480 e. The molecule has 1 heterocycles. The van der Waals surface area contributed by atoms with Gasteiger partial charge in [-0.15, -0.1) is 0 Å². The third kappa shape index (κ3) is 5.37. The zero-order valence-corrected chi connectivity index (χ0v) is 19.7. The van der Waals surface area contributed by atoms with Crippen molar-refractivity contribution in [2.75, 3.05) is 18.4 Å². The number of anilines is 1. The van der Waals surface area contributed by atoms with Crippen LogP contribution in [0.3, 0.4) is 0 Å². The van der Waals surface area contributed by atoms with E-state index in [9.17, 15) is 13.2 Å². The molecule has 33 heavy (non-hydrogen) atoms. The van der Waals surface area contributed by atoms with Gasteiger partial charge in [-0.1, -0.05) is 56.2 Å². The van der Waals surface area contributed by atoms with Crippen LogP contribution in [-0.4, -0.2) is 37.8 Å². The highest BCUT2D eigenvalue weighted by molar-refractivity contribution is 7.89. The third-order valence-electron chi connectivity index (χ3n) is 6.01. The zero-order valence-electron chi connectivity index (χ0n) is 18.9. The standard InChI is InChI=1S/C26H30N2O4S/c1-2-24(32-25-13-9-11-20-10-5-6-12-23(20)25)26(29)27-21-14-16-22(17-15-21)33(30,31)28-18-7-3-4-8-19-28/h5-6,9-17,24H,2-4,7-8,18-19H2,1H3,(H,27,29)/t24-/m1/s1. The first-order valence-electron chi connectivity index (χ1n) is 11.5. The molecule has 0 aromatic heterocycles. The molecule has 0 radical (unpaired) electrons. The highest BCUT2D eigenvalue weighted by Crippen LogP contribution is 2.27. The van der Waals surface area contributed by atoms with Gasteiger partial charge in [-0.2, -0.15) is 4.31 Å². The Morgan fingerprint density at radius 3 is 2.30 bits per heavy atom. The van der Waals surface area contributed by atoms with Crippen LogP contribution in [0, 0.1) is 0 Å². The lowest BCUT2D eigenvalue weighted by Crippen LogP contribution is -2.33. The Bertz CT molecular complexity index is 1200. The molecule has 0 bridgehead atoms. The van der Waals surface area contributed by atoms with Crippen LogP contribution in [0.5, 0.6) is 5.75 Å². The van der Waals surface area contributed by atoms with Crippen LogP contribution in [0.2, 0.25) is 0 Å². The van der Waals surface area contributed by atoms with E-state index in [1.54, 1.807) is 28.6 Å². The number of nitrogens with zero attached hydrogens (tertiary/aromatic N) is 1. The first kappa shape index (κ1) is 23.3. The lowest BCUT2D eigenvalue weighted by Gasteiger charge is -2.20. The van der Waals surface area contributed by atoms with Gasteiger partial charge in [-0.3, -0.25) is 4.79 Å². The Hall–Kier alpha value is -2.90. The molecule has 0 saturated carbocycles. The minimum absolute atomic E-state index is 0.251. The molecule has 1 aliphatic heterocycles. The molecule has 1 aliphatic rings. The Labute approximate surface area is 195 Å². The number of carbonyl (C=O) groups excluding carboxylic acids is 1. The number of carbonyl (C=O) groups is 1. The van der Waals surface area contributed by atoms with Crippen molar-refractivity contribution in [2.45, 2.75) is 50.0 Å². The summed E-state index contributed by atoms with van der Waals surface area (Å²) in [6, 6.07) is 20.0. The summed E-state index contributed by atoms with van der Waals surface area (Å²) < 4.78 is 33.5. The molecule has 1 saturated heterocycles. The van der Waals surface area contributed by atoms with Gasteiger partial charge >= 0.3 is 0 Å². The monoisotopic (exact) mass is 466 g/mol. The van der Waals surface area contributed by atoms with Crippen LogP contribution in [-0.2, 0) is 14.8 Å². The number of sulfonamides is 1. The molecule has 1 atom stereocenters. The van der Waals surface area contributed by atoms with Crippen LogP contribution >= 0.6 is 0 Å². The molecule has 1 fully saturated rings. The Balaban J connectivity index is 1.45. The smallest absolute Gasteiger partial charge is 0.265 e. The number of hydrogen-bond acceptors (Lipinski definition) is 4. The number of amides is 1. The minimum Gasteiger partial charge on any atom is -0.480 e. The quantitative estimate of drug-likeness (QED) is 0.519. The molecule has 0 spiro atoms. The van der Waals surface area contributed by atoms with Crippen molar-refractivity contribution in [2.24, 2.45) is 0 Å². The summed E-state index contributed by atoms with van der Waals surface area (Å²) in [5.41, 5.74) is 0.537. The molecule has 0 aliphatic carbocycles. The van der Waals surface area contributed by atoms with Crippen molar-refractivity contribution in [3.63, 3.8) is 0 Å². The summed E-state index contributed by atoms with van der Waals surface area (Å²) in [4.78, 5) is 13.1. The predicted molar refractivity (Wildman–Crippen MR) is 131 cm³/mol. The Morgan fingerprint density at radius 1 is 0.939 bits per heavy atom. The summed E-state index contributed by atoms with van der Waals surface area (Å²) in [7, 11) is -3.52. The van der Waals surface area contributed by atoms with Gasteiger partial charge in [0.15, 0.2) is 6.10 Å². The van der Waals surface area contributed by atoms with Crippen LogP contribution in [0.1, 0.15) is 39.0 Å². The number of nitrogens with one attached hydrogen (secondary N) is 1.